The highest BCUT2D eigenvalue weighted by atomic mass is 16.5. The number of rotatable bonds is 4. The standard InChI is InChI=1S/C13H20N4O/c1-18-12-8-10(6-7-15-12)9-16-13(14)17-11-4-2-3-5-11/h6-8,11H,2-5,9H2,1H3,(H3,14,16,17). The Morgan fingerprint density at radius 1 is 1.56 bits per heavy atom. The van der Waals surface area contributed by atoms with Crippen molar-refractivity contribution in [3.8, 4) is 5.88 Å². The monoisotopic (exact) mass is 248 g/mol. The summed E-state index contributed by atoms with van der Waals surface area (Å²) in [5.41, 5.74) is 6.90. The molecule has 0 atom stereocenters. The highest BCUT2D eigenvalue weighted by Gasteiger charge is 2.14. The highest BCUT2D eigenvalue weighted by molar-refractivity contribution is 5.78. The maximum Gasteiger partial charge on any atom is 0.213 e. The van der Waals surface area contributed by atoms with Gasteiger partial charge in [-0.15, -0.1) is 0 Å². The minimum atomic E-state index is 0.501. The Morgan fingerprint density at radius 3 is 3.06 bits per heavy atom. The number of nitrogens with zero attached hydrogens (tertiary/aromatic N) is 2. The normalized spacial score (nSPS) is 16.8. The number of aromatic nitrogens is 1. The summed E-state index contributed by atoms with van der Waals surface area (Å²) in [5, 5.41) is 3.26. The molecule has 0 saturated heterocycles. The van der Waals surface area contributed by atoms with Crippen molar-refractivity contribution in [1.29, 1.82) is 0 Å². The van der Waals surface area contributed by atoms with E-state index in [9.17, 15) is 0 Å². The fraction of sp³-hybridized carbons (Fsp3) is 0.538. The molecule has 1 saturated carbocycles. The molecule has 0 unspecified atom stereocenters. The minimum Gasteiger partial charge on any atom is -0.481 e. The van der Waals surface area contributed by atoms with Crippen LogP contribution in [-0.2, 0) is 6.54 Å². The second-order valence-corrected chi connectivity index (χ2v) is 4.53. The van der Waals surface area contributed by atoms with E-state index in [-0.39, 0.29) is 0 Å². The molecule has 1 aliphatic rings. The first kappa shape index (κ1) is 12.7. The largest absolute Gasteiger partial charge is 0.481 e. The number of methoxy groups -OCH3 is 1. The van der Waals surface area contributed by atoms with Crippen molar-refractivity contribution in [2.75, 3.05) is 7.11 Å². The Labute approximate surface area is 107 Å². The maximum absolute atomic E-state index is 5.86. The first-order valence-electron chi connectivity index (χ1n) is 6.33. The zero-order chi connectivity index (χ0) is 12.8. The molecular formula is C13H20N4O. The second kappa shape index (κ2) is 6.23. The average molecular weight is 248 g/mol. The molecule has 1 aromatic rings. The molecule has 3 N–H and O–H groups in total. The van der Waals surface area contributed by atoms with Gasteiger partial charge in [-0.05, 0) is 24.5 Å². The second-order valence-electron chi connectivity index (χ2n) is 4.53. The van der Waals surface area contributed by atoms with Crippen LogP contribution in [0.25, 0.3) is 0 Å². The average Bonchev–Trinajstić information content (AvgIpc) is 2.89. The zero-order valence-electron chi connectivity index (χ0n) is 10.7. The summed E-state index contributed by atoms with van der Waals surface area (Å²) in [6.07, 6.45) is 6.67. The van der Waals surface area contributed by atoms with Crippen molar-refractivity contribution < 1.29 is 4.74 Å². The van der Waals surface area contributed by atoms with Gasteiger partial charge in [0.1, 0.15) is 0 Å². The van der Waals surface area contributed by atoms with Gasteiger partial charge in [0.2, 0.25) is 5.88 Å². The molecule has 0 bridgehead atoms. The fourth-order valence-corrected chi connectivity index (χ4v) is 2.16. The third kappa shape index (κ3) is 3.61. The van der Waals surface area contributed by atoms with E-state index >= 15 is 0 Å². The highest BCUT2D eigenvalue weighted by Crippen LogP contribution is 2.17. The first-order chi connectivity index (χ1) is 8.78. The number of guanidine groups is 1. The summed E-state index contributed by atoms with van der Waals surface area (Å²) in [7, 11) is 1.60. The van der Waals surface area contributed by atoms with Crippen molar-refractivity contribution in [3.05, 3.63) is 23.9 Å². The number of hydrogen-bond acceptors (Lipinski definition) is 3. The Hall–Kier alpha value is -1.78. The van der Waals surface area contributed by atoms with Crippen LogP contribution in [-0.4, -0.2) is 24.1 Å². The van der Waals surface area contributed by atoms with Gasteiger partial charge in [0.15, 0.2) is 5.96 Å². The van der Waals surface area contributed by atoms with Gasteiger partial charge < -0.3 is 15.8 Å². The summed E-state index contributed by atoms with van der Waals surface area (Å²) in [6, 6.07) is 4.28. The van der Waals surface area contributed by atoms with Gasteiger partial charge >= 0.3 is 0 Å². The quantitative estimate of drug-likeness (QED) is 0.624. The molecule has 18 heavy (non-hydrogen) atoms. The van der Waals surface area contributed by atoms with E-state index in [2.05, 4.69) is 15.3 Å². The van der Waals surface area contributed by atoms with Gasteiger partial charge in [0.05, 0.1) is 13.7 Å². The van der Waals surface area contributed by atoms with Crippen molar-refractivity contribution in [3.63, 3.8) is 0 Å². The third-order valence-corrected chi connectivity index (χ3v) is 3.15. The van der Waals surface area contributed by atoms with Crippen molar-refractivity contribution in [2.24, 2.45) is 10.7 Å². The maximum atomic E-state index is 5.86. The van der Waals surface area contributed by atoms with Gasteiger partial charge in [-0.1, -0.05) is 12.8 Å². The van der Waals surface area contributed by atoms with Gasteiger partial charge in [0, 0.05) is 18.3 Å². The van der Waals surface area contributed by atoms with Crippen LogP contribution >= 0.6 is 0 Å². The Kier molecular flexibility index (Phi) is 4.39. The number of hydrogen-bond donors (Lipinski definition) is 2. The summed E-state index contributed by atoms with van der Waals surface area (Å²) < 4.78 is 5.06. The SMILES string of the molecule is COc1cc(CN=C(N)NC2CCCC2)ccn1. The summed E-state index contributed by atoms with van der Waals surface area (Å²) in [6.45, 7) is 0.546. The number of nitrogens with one attached hydrogen (secondary N) is 1. The first-order valence-corrected chi connectivity index (χ1v) is 6.33. The lowest BCUT2D eigenvalue weighted by atomic mass is 10.2. The lowest BCUT2D eigenvalue weighted by Crippen LogP contribution is -2.38. The minimum absolute atomic E-state index is 0.501. The Morgan fingerprint density at radius 2 is 2.33 bits per heavy atom. The summed E-state index contributed by atoms with van der Waals surface area (Å²) in [5.74, 6) is 1.13. The molecule has 98 valence electrons. The molecule has 1 aromatic heterocycles. The zero-order valence-corrected chi connectivity index (χ0v) is 10.7. The van der Waals surface area contributed by atoms with E-state index in [4.69, 9.17) is 10.5 Å². The van der Waals surface area contributed by atoms with Crippen LogP contribution in [0.2, 0.25) is 0 Å². The van der Waals surface area contributed by atoms with Crippen molar-refractivity contribution >= 4 is 5.96 Å². The summed E-state index contributed by atoms with van der Waals surface area (Å²) >= 11 is 0. The predicted molar refractivity (Wildman–Crippen MR) is 71.5 cm³/mol. The van der Waals surface area contributed by atoms with E-state index < -0.39 is 0 Å². The molecule has 1 fully saturated rings. The van der Waals surface area contributed by atoms with Gasteiger partial charge in [0.25, 0.3) is 0 Å². The molecule has 0 aromatic carbocycles. The van der Waals surface area contributed by atoms with Crippen LogP contribution < -0.4 is 15.8 Å². The van der Waals surface area contributed by atoms with Crippen LogP contribution in [0.4, 0.5) is 0 Å². The molecule has 1 heterocycles. The predicted octanol–water partition coefficient (Wildman–Crippen LogP) is 1.44. The third-order valence-electron chi connectivity index (χ3n) is 3.15. The number of aliphatic imine (C=N–C) groups is 1. The van der Waals surface area contributed by atoms with E-state index in [0.717, 1.165) is 5.56 Å². The van der Waals surface area contributed by atoms with Gasteiger partial charge in [-0.2, -0.15) is 0 Å². The van der Waals surface area contributed by atoms with Crippen LogP contribution in [0.1, 0.15) is 31.2 Å². The lowest BCUT2D eigenvalue weighted by molar-refractivity contribution is 0.397. The molecule has 0 spiro atoms. The van der Waals surface area contributed by atoms with Crippen LogP contribution in [0.3, 0.4) is 0 Å². The van der Waals surface area contributed by atoms with Gasteiger partial charge in [-0.25, -0.2) is 9.98 Å². The molecular weight excluding hydrogens is 228 g/mol. The summed E-state index contributed by atoms with van der Waals surface area (Å²) in [4.78, 5) is 8.38. The molecule has 2 rings (SSSR count). The van der Waals surface area contributed by atoms with Gasteiger partial charge in [-0.3, -0.25) is 0 Å². The fourth-order valence-electron chi connectivity index (χ4n) is 2.16. The molecule has 0 amide bonds. The number of pyridine rings is 1. The lowest BCUT2D eigenvalue weighted by Gasteiger charge is -2.12. The topological polar surface area (TPSA) is 72.5 Å². The van der Waals surface area contributed by atoms with E-state index in [1.165, 1.54) is 25.7 Å². The molecule has 1 aliphatic carbocycles. The van der Waals surface area contributed by atoms with Crippen LogP contribution in [0.15, 0.2) is 23.3 Å². The molecule has 0 radical (unpaired) electrons. The van der Waals surface area contributed by atoms with Crippen molar-refractivity contribution in [2.45, 2.75) is 38.3 Å². The molecule has 5 nitrogen and oxygen atoms in total. The molecule has 5 heteroatoms. The Balaban J connectivity index is 1.87. The van der Waals surface area contributed by atoms with Crippen LogP contribution in [0.5, 0.6) is 5.88 Å². The van der Waals surface area contributed by atoms with E-state index in [1.54, 1.807) is 13.3 Å². The number of ether oxygens (including phenoxy) is 1. The van der Waals surface area contributed by atoms with E-state index in [1.807, 2.05) is 12.1 Å². The smallest absolute Gasteiger partial charge is 0.213 e. The number of nitrogens with two attached hydrogens (primary N) is 1. The Bertz CT molecular complexity index is 413. The molecule has 0 aliphatic heterocycles. The van der Waals surface area contributed by atoms with Crippen LogP contribution in [0, 0.1) is 0 Å². The van der Waals surface area contributed by atoms with Crippen molar-refractivity contribution in [1.82, 2.24) is 10.3 Å². The van der Waals surface area contributed by atoms with E-state index in [0.29, 0.717) is 24.4 Å².